The van der Waals surface area contributed by atoms with Crippen LogP contribution in [0.3, 0.4) is 0 Å². The van der Waals surface area contributed by atoms with Crippen LogP contribution in [-0.2, 0) is 11.3 Å². The maximum Gasteiger partial charge on any atom is 0.275 e. The first-order valence-electron chi connectivity index (χ1n) is 6.82. The predicted molar refractivity (Wildman–Crippen MR) is 84.0 cm³/mol. The van der Waals surface area contributed by atoms with E-state index in [1.807, 2.05) is 25.2 Å². The Morgan fingerprint density at radius 2 is 2.15 bits per heavy atom. The fourth-order valence-electron chi connectivity index (χ4n) is 1.93. The van der Waals surface area contributed by atoms with Crippen molar-refractivity contribution in [1.29, 1.82) is 0 Å². The number of quaternary nitrogens is 1. The summed E-state index contributed by atoms with van der Waals surface area (Å²) in [7, 11) is 3.67. The minimum atomic E-state index is 0.0881. The summed E-state index contributed by atoms with van der Waals surface area (Å²) in [6.07, 6.45) is 0. The first-order valence-corrected chi connectivity index (χ1v) is 7.62. The molecule has 0 saturated carbocycles. The number of halogens is 1. The Kier molecular flexibility index (Phi) is 7.02. The summed E-state index contributed by atoms with van der Waals surface area (Å²) < 4.78 is 6.37. The molecule has 20 heavy (non-hydrogen) atoms. The molecule has 2 N–H and O–H groups in total. The lowest BCUT2D eigenvalue weighted by atomic mass is 10.2. The molecule has 0 aliphatic heterocycles. The first-order chi connectivity index (χ1) is 9.42. The number of benzene rings is 1. The number of rotatable bonds is 7. The van der Waals surface area contributed by atoms with Crippen LogP contribution in [-0.4, -0.2) is 33.2 Å². The van der Waals surface area contributed by atoms with Crippen LogP contribution in [0.2, 0.25) is 0 Å². The lowest BCUT2D eigenvalue weighted by molar-refractivity contribution is -0.885. The lowest BCUT2D eigenvalue weighted by Crippen LogP contribution is -3.08. The van der Waals surface area contributed by atoms with Gasteiger partial charge in [0, 0.05) is 16.6 Å². The molecular weight excluding hydrogens is 320 g/mol. The Balaban J connectivity index is 2.55. The van der Waals surface area contributed by atoms with Gasteiger partial charge in [-0.1, -0.05) is 29.8 Å². The minimum Gasteiger partial charge on any atom is -0.496 e. The van der Waals surface area contributed by atoms with Crippen molar-refractivity contribution in [3.8, 4) is 5.75 Å². The summed E-state index contributed by atoms with van der Waals surface area (Å²) in [6, 6.07) is 5.92. The van der Waals surface area contributed by atoms with Gasteiger partial charge in [-0.05, 0) is 24.1 Å². The topological polar surface area (TPSA) is 42.8 Å². The molecule has 0 aliphatic carbocycles. The van der Waals surface area contributed by atoms with Gasteiger partial charge in [0.05, 0.1) is 14.2 Å². The number of likely N-dealkylation sites (N-methyl/N-ethyl adjacent to an activating group) is 1. The first kappa shape index (κ1) is 17.0. The molecule has 0 saturated heterocycles. The number of hydrogen-bond acceptors (Lipinski definition) is 2. The van der Waals surface area contributed by atoms with Gasteiger partial charge in [0.15, 0.2) is 6.54 Å². The van der Waals surface area contributed by atoms with Crippen molar-refractivity contribution in [2.75, 3.05) is 27.2 Å². The van der Waals surface area contributed by atoms with Gasteiger partial charge in [0.1, 0.15) is 12.3 Å². The highest BCUT2D eigenvalue weighted by molar-refractivity contribution is 9.10. The van der Waals surface area contributed by atoms with Crippen LogP contribution in [0.1, 0.15) is 19.4 Å². The molecule has 5 heteroatoms. The molecule has 1 amide bonds. The predicted octanol–water partition coefficient (Wildman–Crippen LogP) is 1.24. The normalized spacial score (nSPS) is 12.3. The van der Waals surface area contributed by atoms with Crippen molar-refractivity contribution in [3.63, 3.8) is 0 Å². The number of carbonyl (C=O) groups excluding carboxylic acids is 1. The van der Waals surface area contributed by atoms with Crippen molar-refractivity contribution in [1.82, 2.24) is 5.32 Å². The van der Waals surface area contributed by atoms with E-state index >= 15 is 0 Å². The van der Waals surface area contributed by atoms with E-state index in [1.54, 1.807) is 7.11 Å². The maximum atomic E-state index is 11.8. The second-order valence-electron chi connectivity index (χ2n) is 5.46. The van der Waals surface area contributed by atoms with E-state index in [2.05, 4.69) is 35.1 Å². The van der Waals surface area contributed by atoms with Gasteiger partial charge in [0.25, 0.3) is 5.91 Å². The lowest BCUT2D eigenvalue weighted by Gasteiger charge is -2.16. The molecule has 4 nitrogen and oxygen atoms in total. The second-order valence-corrected chi connectivity index (χ2v) is 6.38. The quantitative estimate of drug-likeness (QED) is 0.782. The highest BCUT2D eigenvalue weighted by Gasteiger charge is 2.13. The van der Waals surface area contributed by atoms with Gasteiger partial charge in [0.2, 0.25) is 0 Å². The molecule has 0 heterocycles. The summed E-state index contributed by atoms with van der Waals surface area (Å²) in [5, 5.41) is 2.94. The Morgan fingerprint density at radius 1 is 1.45 bits per heavy atom. The summed E-state index contributed by atoms with van der Waals surface area (Å²) in [6.45, 7) is 6.11. The van der Waals surface area contributed by atoms with E-state index < -0.39 is 0 Å². The molecule has 1 unspecified atom stereocenters. The summed E-state index contributed by atoms with van der Waals surface area (Å²) in [5.74, 6) is 1.42. The van der Waals surface area contributed by atoms with Crippen LogP contribution in [0, 0.1) is 5.92 Å². The number of hydrogen-bond donors (Lipinski definition) is 2. The SMILES string of the molecule is COc1ccc(Br)cc1C[NH+](C)CC(=O)NCC(C)C. The van der Waals surface area contributed by atoms with Gasteiger partial charge in [-0.3, -0.25) is 4.79 Å². The van der Waals surface area contributed by atoms with E-state index in [0.717, 1.165) is 33.8 Å². The molecule has 1 aromatic rings. The smallest absolute Gasteiger partial charge is 0.275 e. The standard InChI is InChI=1S/C15H23BrN2O2/c1-11(2)8-17-15(19)10-18(3)9-12-7-13(16)5-6-14(12)20-4/h5-7,11H,8-10H2,1-4H3,(H,17,19)/p+1. The van der Waals surface area contributed by atoms with E-state index in [1.165, 1.54) is 0 Å². The third kappa shape index (κ3) is 5.92. The molecule has 1 aromatic carbocycles. The van der Waals surface area contributed by atoms with E-state index in [0.29, 0.717) is 12.5 Å². The van der Waals surface area contributed by atoms with Crippen LogP contribution in [0.15, 0.2) is 22.7 Å². The van der Waals surface area contributed by atoms with Crippen LogP contribution in [0.25, 0.3) is 0 Å². The van der Waals surface area contributed by atoms with E-state index in [9.17, 15) is 4.79 Å². The maximum absolute atomic E-state index is 11.8. The Bertz CT molecular complexity index is 449. The van der Waals surface area contributed by atoms with Crippen LogP contribution in [0.4, 0.5) is 0 Å². The molecular formula is C15H24BrN2O2+. The van der Waals surface area contributed by atoms with Gasteiger partial charge >= 0.3 is 0 Å². The Labute approximate surface area is 129 Å². The molecule has 0 fully saturated rings. The fourth-order valence-corrected chi connectivity index (χ4v) is 2.34. The van der Waals surface area contributed by atoms with Crippen LogP contribution >= 0.6 is 15.9 Å². The second kappa shape index (κ2) is 8.27. The number of carbonyl (C=O) groups is 1. The largest absolute Gasteiger partial charge is 0.496 e. The van der Waals surface area contributed by atoms with Crippen molar-refractivity contribution >= 4 is 21.8 Å². The third-order valence-electron chi connectivity index (χ3n) is 2.90. The third-order valence-corrected chi connectivity index (χ3v) is 3.40. The zero-order chi connectivity index (χ0) is 15.1. The number of nitrogens with one attached hydrogen (secondary N) is 2. The molecule has 0 aliphatic rings. The van der Waals surface area contributed by atoms with Crippen molar-refractivity contribution < 1.29 is 14.4 Å². The van der Waals surface area contributed by atoms with Crippen molar-refractivity contribution in [3.05, 3.63) is 28.2 Å². The molecule has 112 valence electrons. The molecule has 1 atom stereocenters. The average molecular weight is 344 g/mol. The minimum absolute atomic E-state index is 0.0881. The van der Waals surface area contributed by atoms with Gasteiger partial charge in [-0.2, -0.15) is 0 Å². The van der Waals surface area contributed by atoms with Gasteiger partial charge in [-0.25, -0.2) is 0 Å². The highest BCUT2D eigenvalue weighted by atomic mass is 79.9. The van der Waals surface area contributed by atoms with Crippen molar-refractivity contribution in [2.45, 2.75) is 20.4 Å². The van der Waals surface area contributed by atoms with Crippen LogP contribution in [0.5, 0.6) is 5.75 Å². The zero-order valence-corrected chi connectivity index (χ0v) is 14.2. The van der Waals surface area contributed by atoms with E-state index in [4.69, 9.17) is 4.74 Å². The summed E-state index contributed by atoms with van der Waals surface area (Å²) >= 11 is 3.46. The number of amides is 1. The van der Waals surface area contributed by atoms with E-state index in [-0.39, 0.29) is 5.91 Å². The van der Waals surface area contributed by atoms with Crippen LogP contribution < -0.4 is 15.0 Å². The molecule has 1 rings (SSSR count). The monoisotopic (exact) mass is 343 g/mol. The molecule has 0 radical (unpaired) electrons. The molecule has 0 aromatic heterocycles. The zero-order valence-electron chi connectivity index (χ0n) is 12.6. The van der Waals surface area contributed by atoms with Crippen molar-refractivity contribution in [2.24, 2.45) is 5.92 Å². The number of methoxy groups -OCH3 is 1. The summed E-state index contributed by atoms with van der Waals surface area (Å²) in [5.41, 5.74) is 1.09. The Morgan fingerprint density at radius 3 is 2.75 bits per heavy atom. The molecule has 0 spiro atoms. The average Bonchev–Trinajstić information content (AvgIpc) is 2.36. The highest BCUT2D eigenvalue weighted by Crippen LogP contribution is 2.21. The number of ether oxygens (including phenoxy) is 1. The van der Waals surface area contributed by atoms with Gasteiger partial charge in [-0.15, -0.1) is 0 Å². The molecule has 0 bridgehead atoms. The summed E-state index contributed by atoms with van der Waals surface area (Å²) in [4.78, 5) is 12.9. The Hall–Kier alpha value is -1.07. The van der Waals surface area contributed by atoms with Gasteiger partial charge < -0.3 is 15.0 Å². The fraction of sp³-hybridized carbons (Fsp3) is 0.533.